The molecule has 8 nitrogen and oxygen atoms in total. The third-order valence-electron chi connectivity index (χ3n) is 2.27. The number of aliphatic carboxylic acids is 1. The van der Waals surface area contributed by atoms with Crippen LogP contribution in [0.15, 0.2) is 6.07 Å². The average Bonchev–Trinajstić information content (AvgIpc) is 2.70. The van der Waals surface area contributed by atoms with Crippen molar-refractivity contribution >= 4 is 11.9 Å². The Morgan fingerprint density at radius 1 is 1.61 bits per heavy atom. The van der Waals surface area contributed by atoms with Crippen LogP contribution in [0.5, 0.6) is 5.88 Å². The Labute approximate surface area is 103 Å². The third-order valence-corrected chi connectivity index (χ3v) is 2.27. The molecule has 0 aromatic carbocycles. The summed E-state index contributed by atoms with van der Waals surface area (Å²) >= 11 is 0. The van der Waals surface area contributed by atoms with Gasteiger partial charge in [-0.05, 0) is 0 Å². The summed E-state index contributed by atoms with van der Waals surface area (Å²) in [5.41, 5.74) is 0.166. The highest BCUT2D eigenvalue weighted by molar-refractivity contribution is 5.92. The number of hydrogen-bond acceptors (Lipinski definition) is 5. The molecule has 0 aliphatic carbocycles. The van der Waals surface area contributed by atoms with E-state index >= 15 is 0 Å². The highest BCUT2D eigenvalue weighted by Gasteiger charge is 2.15. The van der Waals surface area contributed by atoms with Crippen molar-refractivity contribution < 1.29 is 24.5 Å². The van der Waals surface area contributed by atoms with Crippen molar-refractivity contribution in [3.8, 4) is 5.88 Å². The first-order chi connectivity index (χ1) is 8.45. The Balaban J connectivity index is 2.48. The molecule has 0 aliphatic rings. The molecule has 0 spiro atoms. The second-order valence-corrected chi connectivity index (χ2v) is 3.59. The van der Waals surface area contributed by atoms with E-state index in [4.69, 9.17) is 14.9 Å². The number of carboxylic acid groups (broad SMARTS) is 1. The van der Waals surface area contributed by atoms with Crippen molar-refractivity contribution in [3.05, 3.63) is 11.8 Å². The molecule has 1 atom stereocenters. The number of nitrogens with zero attached hydrogens (tertiary/aromatic N) is 2. The molecule has 0 saturated heterocycles. The smallest absolute Gasteiger partial charge is 0.332 e. The minimum absolute atomic E-state index is 0.0468. The molecule has 0 saturated carbocycles. The van der Waals surface area contributed by atoms with E-state index in [1.54, 1.807) is 7.05 Å². The molecule has 0 bridgehead atoms. The zero-order chi connectivity index (χ0) is 13.7. The van der Waals surface area contributed by atoms with Gasteiger partial charge in [0.05, 0.1) is 7.11 Å². The van der Waals surface area contributed by atoms with E-state index in [1.807, 2.05) is 0 Å². The van der Waals surface area contributed by atoms with Crippen LogP contribution in [0, 0.1) is 0 Å². The summed E-state index contributed by atoms with van der Waals surface area (Å²) in [5.74, 6) is -1.33. The Bertz CT molecular complexity index is 443. The molecule has 0 radical (unpaired) electrons. The van der Waals surface area contributed by atoms with Crippen molar-refractivity contribution in [1.29, 1.82) is 0 Å². The number of rotatable bonds is 6. The molecule has 100 valence electrons. The summed E-state index contributed by atoms with van der Waals surface area (Å²) in [6.07, 6.45) is -1.55. The van der Waals surface area contributed by atoms with Gasteiger partial charge >= 0.3 is 5.97 Å². The first kappa shape index (κ1) is 14.0. The van der Waals surface area contributed by atoms with Crippen LogP contribution in [0.4, 0.5) is 0 Å². The van der Waals surface area contributed by atoms with Gasteiger partial charge < -0.3 is 20.3 Å². The minimum Gasteiger partial charge on any atom is -0.481 e. The average molecular weight is 257 g/mol. The molecular weight excluding hydrogens is 242 g/mol. The van der Waals surface area contributed by atoms with Crippen LogP contribution in [-0.2, 0) is 11.8 Å². The number of amides is 1. The highest BCUT2D eigenvalue weighted by atomic mass is 16.5. The standard InChI is InChI=1S/C10H15N3O5/c1-13-8(18-2)5-6(12-13)9(15)11-4-3-7(14)10(16)17/h5,7,14H,3-4H2,1-2H3,(H,11,15)(H,16,17)/t7-/m0/s1. The zero-order valence-corrected chi connectivity index (χ0v) is 10.1. The van der Waals surface area contributed by atoms with Crippen LogP contribution < -0.4 is 10.1 Å². The normalized spacial score (nSPS) is 11.9. The molecular formula is C10H15N3O5. The Kier molecular flexibility index (Phi) is 4.67. The molecule has 0 aliphatic heterocycles. The van der Waals surface area contributed by atoms with Crippen LogP contribution in [-0.4, -0.2) is 51.6 Å². The van der Waals surface area contributed by atoms with Crippen molar-refractivity contribution in [3.63, 3.8) is 0 Å². The molecule has 0 unspecified atom stereocenters. The molecule has 1 amide bonds. The number of aryl methyl sites for hydroxylation is 1. The molecule has 1 rings (SSSR count). The van der Waals surface area contributed by atoms with E-state index in [-0.39, 0.29) is 18.7 Å². The number of carbonyl (C=O) groups is 2. The van der Waals surface area contributed by atoms with Crippen molar-refractivity contribution in [2.45, 2.75) is 12.5 Å². The van der Waals surface area contributed by atoms with Crippen LogP contribution >= 0.6 is 0 Å². The molecule has 1 aromatic rings. The van der Waals surface area contributed by atoms with Gasteiger partial charge in [-0.25, -0.2) is 9.48 Å². The van der Waals surface area contributed by atoms with E-state index < -0.39 is 18.0 Å². The van der Waals surface area contributed by atoms with E-state index in [1.165, 1.54) is 17.9 Å². The van der Waals surface area contributed by atoms with Crippen molar-refractivity contribution in [2.24, 2.45) is 7.05 Å². The number of aliphatic hydroxyl groups is 1. The second-order valence-electron chi connectivity index (χ2n) is 3.59. The third kappa shape index (κ3) is 3.45. The van der Waals surface area contributed by atoms with Gasteiger partial charge in [-0.3, -0.25) is 4.79 Å². The van der Waals surface area contributed by atoms with E-state index in [0.29, 0.717) is 5.88 Å². The molecule has 3 N–H and O–H groups in total. The van der Waals surface area contributed by atoms with Gasteiger partial charge in [0.25, 0.3) is 5.91 Å². The van der Waals surface area contributed by atoms with Gasteiger partial charge in [0.1, 0.15) is 0 Å². The Morgan fingerprint density at radius 3 is 2.78 bits per heavy atom. The lowest BCUT2D eigenvalue weighted by Crippen LogP contribution is -2.30. The summed E-state index contributed by atoms with van der Waals surface area (Å²) in [4.78, 5) is 21.9. The van der Waals surface area contributed by atoms with Gasteiger partial charge in [-0.2, -0.15) is 5.10 Å². The van der Waals surface area contributed by atoms with Gasteiger partial charge in [-0.15, -0.1) is 0 Å². The van der Waals surface area contributed by atoms with E-state index in [0.717, 1.165) is 0 Å². The summed E-state index contributed by atoms with van der Waals surface area (Å²) in [6, 6.07) is 1.46. The number of carboxylic acids is 1. The Hall–Kier alpha value is -2.09. The number of hydrogen-bond donors (Lipinski definition) is 3. The van der Waals surface area contributed by atoms with Gasteiger partial charge in [0.2, 0.25) is 5.88 Å². The predicted molar refractivity (Wildman–Crippen MR) is 60.4 cm³/mol. The van der Waals surface area contributed by atoms with Crippen LogP contribution in [0.3, 0.4) is 0 Å². The molecule has 18 heavy (non-hydrogen) atoms. The maximum absolute atomic E-state index is 11.6. The highest BCUT2D eigenvalue weighted by Crippen LogP contribution is 2.10. The van der Waals surface area contributed by atoms with Gasteiger partial charge in [-0.1, -0.05) is 0 Å². The van der Waals surface area contributed by atoms with E-state index in [9.17, 15) is 9.59 Å². The summed E-state index contributed by atoms with van der Waals surface area (Å²) in [6.45, 7) is 0.0468. The lowest BCUT2D eigenvalue weighted by atomic mass is 10.2. The number of methoxy groups -OCH3 is 1. The van der Waals surface area contributed by atoms with Gasteiger partial charge in [0, 0.05) is 26.1 Å². The van der Waals surface area contributed by atoms with Crippen LogP contribution in [0.1, 0.15) is 16.9 Å². The fourth-order valence-electron chi connectivity index (χ4n) is 1.29. The van der Waals surface area contributed by atoms with Gasteiger partial charge in [0.15, 0.2) is 11.8 Å². The number of nitrogens with one attached hydrogen (secondary N) is 1. The van der Waals surface area contributed by atoms with E-state index in [2.05, 4.69) is 10.4 Å². The predicted octanol–water partition coefficient (Wildman–Crippen LogP) is -1.01. The maximum Gasteiger partial charge on any atom is 0.332 e. The Morgan fingerprint density at radius 2 is 2.28 bits per heavy atom. The van der Waals surface area contributed by atoms with Crippen LogP contribution in [0.25, 0.3) is 0 Å². The van der Waals surface area contributed by atoms with Crippen LogP contribution in [0.2, 0.25) is 0 Å². The monoisotopic (exact) mass is 257 g/mol. The lowest BCUT2D eigenvalue weighted by molar-refractivity contribution is -0.146. The van der Waals surface area contributed by atoms with Crippen molar-refractivity contribution in [2.75, 3.05) is 13.7 Å². The first-order valence-electron chi connectivity index (χ1n) is 5.22. The molecule has 0 fully saturated rings. The molecule has 1 heterocycles. The fraction of sp³-hybridized carbons (Fsp3) is 0.500. The maximum atomic E-state index is 11.6. The summed E-state index contributed by atoms with van der Waals surface area (Å²) in [7, 11) is 3.09. The lowest BCUT2D eigenvalue weighted by Gasteiger charge is -2.05. The number of aliphatic hydroxyl groups excluding tert-OH is 1. The molecule has 8 heteroatoms. The number of ether oxygens (including phenoxy) is 1. The number of carbonyl (C=O) groups excluding carboxylic acids is 1. The first-order valence-corrected chi connectivity index (χ1v) is 5.22. The SMILES string of the molecule is COc1cc(C(=O)NCC[C@H](O)C(=O)O)nn1C. The second kappa shape index (κ2) is 6.01. The molecule has 1 aromatic heterocycles. The summed E-state index contributed by atoms with van der Waals surface area (Å²) in [5, 5.41) is 23.8. The minimum atomic E-state index is -1.48. The summed E-state index contributed by atoms with van der Waals surface area (Å²) < 4.78 is 6.36. The largest absolute Gasteiger partial charge is 0.481 e. The topological polar surface area (TPSA) is 114 Å². The van der Waals surface area contributed by atoms with Crippen molar-refractivity contribution in [1.82, 2.24) is 15.1 Å². The quantitative estimate of drug-likeness (QED) is 0.602. The zero-order valence-electron chi connectivity index (χ0n) is 10.1. The fourth-order valence-corrected chi connectivity index (χ4v) is 1.29. The number of aromatic nitrogens is 2.